The van der Waals surface area contributed by atoms with Crippen molar-refractivity contribution >= 4 is 29.3 Å². The highest BCUT2D eigenvalue weighted by Crippen LogP contribution is 2.28. The number of carbonyl (C=O) groups is 3. The molecule has 1 atom stereocenters. The fourth-order valence-corrected chi connectivity index (χ4v) is 3.54. The fraction of sp³-hybridized carbons (Fsp3) is 0.286. The second-order valence-electron chi connectivity index (χ2n) is 7.00. The molecule has 0 fully saturated rings. The third kappa shape index (κ3) is 3.47. The van der Waals surface area contributed by atoms with Crippen molar-refractivity contribution in [3.05, 3.63) is 70.2 Å². The molecular weight excluding hydrogens is 364 g/mol. The lowest BCUT2D eigenvalue weighted by Crippen LogP contribution is -2.52. The number of benzene rings is 2. The topological polar surface area (TPSA) is 57.7 Å². The SMILES string of the molecule is CC(C)C(C(=O)N(C)Cc1ccccc1Cl)N1C(=O)c2ccccc2C1=O. The third-order valence-corrected chi connectivity index (χ3v) is 5.10. The molecule has 1 aliphatic heterocycles. The van der Waals surface area contributed by atoms with Crippen LogP contribution in [0.15, 0.2) is 48.5 Å². The van der Waals surface area contributed by atoms with Crippen molar-refractivity contribution in [2.75, 3.05) is 7.05 Å². The quantitative estimate of drug-likeness (QED) is 0.740. The molecule has 2 aromatic carbocycles. The molecule has 0 saturated carbocycles. The summed E-state index contributed by atoms with van der Waals surface area (Å²) < 4.78 is 0. The number of nitrogens with zero attached hydrogens (tertiary/aromatic N) is 2. The van der Waals surface area contributed by atoms with Crippen LogP contribution >= 0.6 is 11.6 Å². The van der Waals surface area contributed by atoms with Crippen molar-refractivity contribution in [1.82, 2.24) is 9.80 Å². The van der Waals surface area contributed by atoms with Crippen LogP contribution in [0.5, 0.6) is 0 Å². The summed E-state index contributed by atoms with van der Waals surface area (Å²) in [5.74, 6) is -1.37. The summed E-state index contributed by atoms with van der Waals surface area (Å²) >= 11 is 6.19. The minimum absolute atomic E-state index is 0.228. The highest BCUT2D eigenvalue weighted by molar-refractivity contribution is 6.31. The largest absolute Gasteiger partial charge is 0.340 e. The monoisotopic (exact) mass is 384 g/mol. The molecule has 5 nitrogen and oxygen atoms in total. The summed E-state index contributed by atoms with van der Waals surface area (Å²) in [6, 6.07) is 13.1. The summed E-state index contributed by atoms with van der Waals surface area (Å²) in [6.07, 6.45) is 0. The van der Waals surface area contributed by atoms with E-state index in [0.717, 1.165) is 10.5 Å². The molecule has 0 saturated heterocycles. The first kappa shape index (κ1) is 19.1. The first-order valence-electron chi connectivity index (χ1n) is 8.78. The molecule has 0 aliphatic carbocycles. The van der Waals surface area contributed by atoms with Crippen LogP contribution in [0.25, 0.3) is 0 Å². The van der Waals surface area contributed by atoms with E-state index in [2.05, 4.69) is 0 Å². The van der Waals surface area contributed by atoms with Crippen LogP contribution in [0.2, 0.25) is 5.02 Å². The maximum atomic E-state index is 13.2. The third-order valence-electron chi connectivity index (χ3n) is 4.73. The Morgan fingerprint density at radius 3 is 2.04 bits per heavy atom. The number of likely N-dealkylation sites (N-methyl/N-ethyl adjacent to an activating group) is 1. The van der Waals surface area contributed by atoms with E-state index in [0.29, 0.717) is 22.7 Å². The van der Waals surface area contributed by atoms with Crippen molar-refractivity contribution in [1.29, 1.82) is 0 Å². The Kier molecular flexibility index (Phi) is 5.33. The Hall–Kier alpha value is -2.66. The number of carbonyl (C=O) groups excluding carboxylic acids is 3. The van der Waals surface area contributed by atoms with Gasteiger partial charge in [-0.25, -0.2) is 0 Å². The van der Waals surface area contributed by atoms with Crippen LogP contribution in [0, 0.1) is 5.92 Å². The molecule has 140 valence electrons. The minimum atomic E-state index is -0.870. The van der Waals surface area contributed by atoms with Gasteiger partial charge in [-0.1, -0.05) is 55.8 Å². The van der Waals surface area contributed by atoms with Gasteiger partial charge in [0, 0.05) is 18.6 Å². The number of rotatable bonds is 5. The molecule has 1 unspecified atom stereocenters. The van der Waals surface area contributed by atoms with Crippen LogP contribution in [0.3, 0.4) is 0 Å². The van der Waals surface area contributed by atoms with E-state index < -0.39 is 17.9 Å². The second kappa shape index (κ2) is 7.53. The van der Waals surface area contributed by atoms with Crippen LogP contribution in [-0.4, -0.2) is 40.6 Å². The smallest absolute Gasteiger partial charge is 0.262 e. The van der Waals surface area contributed by atoms with E-state index in [-0.39, 0.29) is 11.8 Å². The van der Waals surface area contributed by atoms with Crippen LogP contribution in [-0.2, 0) is 11.3 Å². The van der Waals surface area contributed by atoms with Crippen molar-refractivity contribution in [3.63, 3.8) is 0 Å². The van der Waals surface area contributed by atoms with Gasteiger partial charge in [0.25, 0.3) is 11.8 Å². The van der Waals surface area contributed by atoms with Gasteiger partial charge in [-0.05, 0) is 29.7 Å². The Balaban J connectivity index is 1.88. The average Bonchev–Trinajstić information content (AvgIpc) is 2.89. The fourth-order valence-electron chi connectivity index (χ4n) is 3.34. The predicted octanol–water partition coefficient (Wildman–Crippen LogP) is 3.62. The molecular formula is C21H21ClN2O3. The van der Waals surface area contributed by atoms with E-state index in [1.54, 1.807) is 37.4 Å². The zero-order chi connectivity index (χ0) is 19.7. The van der Waals surface area contributed by atoms with Gasteiger partial charge in [-0.2, -0.15) is 0 Å². The van der Waals surface area contributed by atoms with E-state index in [1.807, 2.05) is 32.0 Å². The van der Waals surface area contributed by atoms with Crippen LogP contribution < -0.4 is 0 Å². The van der Waals surface area contributed by atoms with Gasteiger partial charge < -0.3 is 4.90 Å². The normalized spacial score (nSPS) is 14.5. The molecule has 0 bridgehead atoms. The molecule has 0 spiro atoms. The van der Waals surface area contributed by atoms with Gasteiger partial charge in [-0.3, -0.25) is 19.3 Å². The van der Waals surface area contributed by atoms with Gasteiger partial charge in [-0.15, -0.1) is 0 Å². The second-order valence-corrected chi connectivity index (χ2v) is 7.41. The number of hydrogen-bond donors (Lipinski definition) is 0. The molecule has 2 aromatic rings. The first-order chi connectivity index (χ1) is 12.8. The number of fused-ring (bicyclic) bond motifs is 1. The van der Waals surface area contributed by atoms with E-state index >= 15 is 0 Å². The number of halogens is 1. The Morgan fingerprint density at radius 1 is 1.00 bits per heavy atom. The zero-order valence-corrected chi connectivity index (χ0v) is 16.2. The summed E-state index contributed by atoms with van der Waals surface area (Å²) in [4.78, 5) is 41.4. The van der Waals surface area contributed by atoms with Crippen molar-refractivity contribution in [2.45, 2.75) is 26.4 Å². The van der Waals surface area contributed by atoms with Crippen molar-refractivity contribution < 1.29 is 14.4 Å². The van der Waals surface area contributed by atoms with E-state index in [9.17, 15) is 14.4 Å². The van der Waals surface area contributed by atoms with Gasteiger partial charge in [0.2, 0.25) is 5.91 Å². The maximum absolute atomic E-state index is 13.2. The van der Waals surface area contributed by atoms with Gasteiger partial charge in [0.05, 0.1) is 11.1 Å². The van der Waals surface area contributed by atoms with Crippen LogP contribution in [0.4, 0.5) is 0 Å². The molecule has 3 rings (SSSR count). The Labute approximate surface area is 163 Å². The van der Waals surface area contributed by atoms with E-state index in [1.165, 1.54) is 4.90 Å². The van der Waals surface area contributed by atoms with Crippen molar-refractivity contribution in [2.24, 2.45) is 5.92 Å². The average molecular weight is 385 g/mol. The molecule has 3 amide bonds. The Bertz CT molecular complexity index is 875. The number of imide groups is 1. The maximum Gasteiger partial charge on any atom is 0.262 e. The lowest BCUT2D eigenvalue weighted by atomic mass is 10.0. The van der Waals surface area contributed by atoms with Crippen molar-refractivity contribution in [3.8, 4) is 0 Å². The molecule has 27 heavy (non-hydrogen) atoms. The number of hydrogen-bond acceptors (Lipinski definition) is 3. The lowest BCUT2D eigenvalue weighted by Gasteiger charge is -2.32. The molecule has 1 heterocycles. The Morgan fingerprint density at radius 2 is 1.52 bits per heavy atom. The molecule has 1 aliphatic rings. The lowest BCUT2D eigenvalue weighted by molar-refractivity contribution is -0.136. The molecule has 0 aromatic heterocycles. The highest BCUT2D eigenvalue weighted by atomic mass is 35.5. The number of amides is 3. The summed E-state index contributed by atoms with van der Waals surface area (Å²) in [5, 5.41) is 0.568. The predicted molar refractivity (Wildman–Crippen MR) is 103 cm³/mol. The zero-order valence-electron chi connectivity index (χ0n) is 15.5. The highest BCUT2D eigenvalue weighted by Gasteiger charge is 2.44. The summed E-state index contributed by atoms with van der Waals surface area (Å²) in [5.41, 5.74) is 1.49. The van der Waals surface area contributed by atoms with Gasteiger partial charge in [0.15, 0.2) is 0 Å². The molecule has 0 N–H and O–H groups in total. The summed E-state index contributed by atoms with van der Waals surface area (Å²) in [6.45, 7) is 3.95. The molecule has 6 heteroatoms. The molecule has 0 radical (unpaired) electrons. The van der Waals surface area contributed by atoms with Gasteiger partial charge in [0.1, 0.15) is 6.04 Å². The van der Waals surface area contributed by atoms with E-state index in [4.69, 9.17) is 11.6 Å². The first-order valence-corrected chi connectivity index (χ1v) is 9.16. The minimum Gasteiger partial charge on any atom is -0.340 e. The summed E-state index contributed by atoms with van der Waals surface area (Å²) in [7, 11) is 1.65. The standard InChI is InChI=1S/C21H21ClN2O3/c1-13(2)18(21(27)23(3)12-14-8-4-7-11-17(14)22)24-19(25)15-9-5-6-10-16(15)20(24)26/h4-11,13,18H,12H2,1-3H3. The van der Waals surface area contributed by atoms with Gasteiger partial charge >= 0.3 is 0 Å². The van der Waals surface area contributed by atoms with Crippen LogP contribution in [0.1, 0.15) is 40.1 Å².